The third kappa shape index (κ3) is 2.05. The van der Waals surface area contributed by atoms with Crippen LogP contribution in [-0.2, 0) is 0 Å². The topological polar surface area (TPSA) is 32.3 Å². The summed E-state index contributed by atoms with van der Waals surface area (Å²) in [6.07, 6.45) is 3.87. The third-order valence-electron chi connectivity index (χ3n) is 4.52. The average Bonchev–Trinajstić information content (AvgIpc) is 2.83. The number of hydrogen-bond acceptors (Lipinski definition) is 2. The van der Waals surface area contributed by atoms with Gasteiger partial charge in [0, 0.05) is 21.7 Å². The minimum Gasteiger partial charge on any atom is -0.386 e. The van der Waals surface area contributed by atoms with Gasteiger partial charge in [-0.05, 0) is 38.7 Å². The second-order valence-corrected chi connectivity index (χ2v) is 6.17. The maximum Gasteiger partial charge on any atom is 0.0986 e. The number of benzene rings is 1. The molecular formula is C14H19Cl2NO. The molecule has 0 aliphatic carbocycles. The first kappa shape index (κ1) is 14.1. The molecule has 2 fully saturated rings. The Balaban J connectivity index is 0.00000120. The maximum absolute atomic E-state index is 10.6. The predicted octanol–water partition coefficient (Wildman–Crippen LogP) is 3.47. The van der Waals surface area contributed by atoms with Gasteiger partial charge >= 0.3 is 0 Å². The fraction of sp³-hybridized carbons (Fsp3) is 0.571. The quantitative estimate of drug-likeness (QED) is 0.873. The fourth-order valence-electron chi connectivity index (χ4n) is 3.44. The van der Waals surface area contributed by atoms with Crippen LogP contribution in [0, 0.1) is 0 Å². The van der Waals surface area contributed by atoms with Crippen molar-refractivity contribution in [2.24, 2.45) is 0 Å². The van der Waals surface area contributed by atoms with E-state index in [9.17, 15) is 5.11 Å². The molecule has 0 aromatic heterocycles. The van der Waals surface area contributed by atoms with E-state index in [1.54, 1.807) is 0 Å². The van der Waals surface area contributed by atoms with Crippen LogP contribution >= 0.6 is 24.0 Å². The van der Waals surface area contributed by atoms with Crippen molar-refractivity contribution in [2.45, 2.75) is 49.8 Å². The average molecular weight is 288 g/mol. The molecule has 2 N–H and O–H groups in total. The summed E-state index contributed by atoms with van der Waals surface area (Å²) < 4.78 is 0. The van der Waals surface area contributed by atoms with Crippen molar-refractivity contribution >= 4 is 24.0 Å². The lowest BCUT2D eigenvalue weighted by molar-refractivity contribution is 0.0738. The van der Waals surface area contributed by atoms with Gasteiger partial charge < -0.3 is 10.4 Å². The Morgan fingerprint density at radius 3 is 2.33 bits per heavy atom. The highest BCUT2D eigenvalue weighted by Gasteiger charge is 2.55. The number of fused-ring (bicyclic) bond motifs is 2. The van der Waals surface area contributed by atoms with Crippen molar-refractivity contribution in [1.82, 2.24) is 5.32 Å². The van der Waals surface area contributed by atoms with Gasteiger partial charge in [0.05, 0.1) is 6.10 Å². The smallest absolute Gasteiger partial charge is 0.0986 e. The predicted molar refractivity (Wildman–Crippen MR) is 76.4 cm³/mol. The lowest BCUT2D eigenvalue weighted by atomic mass is 9.78. The molecule has 0 amide bonds. The summed E-state index contributed by atoms with van der Waals surface area (Å²) in [7, 11) is 0. The highest BCUT2D eigenvalue weighted by Crippen LogP contribution is 2.50. The van der Waals surface area contributed by atoms with Crippen molar-refractivity contribution < 1.29 is 5.11 Å². The molecule has 1 aromatic carbocycles. The zero-order valence-electron chi connectivity index (χ0n) is 10.4. The maximum atomic E-state index is 10.6. The number of rotatable bonds is 2. The minimum atomic E-state index is -0.500. The molecule has 0 saturated carbocycles. The molecule has 2 nitrogen and oxygen atoms in total. The van der Waals surface area contributed by atoms with E-state index in [1.165, 1.54) is 0 Å². The molecule has 0 radical (unpaired) electrons. The van der Waals surface area contributed by atoms with Gasteiger partial charge in [-0.3, -0.25) is 0 Å². The molecule has 2 aliphatic rings. The van der Waals surface area contributed by atoms with Crippen LogP contribution in [-0.4, -0.2) is 16.2 Å². The van der Waals surface area contributed by atoms with Crippen molar-refractivity contribution in [3.8, 4) is 0 Å². The summed E-state index contributed by atoms with van der Waals surface area (Å²) in [5, 5.41) is 14.9. The van der Waals surface area contributed by atoms with E-state index in [0.717, 1.165) is 31.2 Å². The van der Waals surface area contributed by atoms with Crippen LogP contribution in [0.4, 0.5) is 0 Å². The van der Waals surface area contributed by atoms with Crippen LogP contribution in [0.1, 0.15) is 44.3 Å². The van der Waals surface area contributed by atoms with Crippen LogP contribution in [0.3, 0.4) is 0 Å². The monoisotopic (exact) mass is 287 g/mol. The normalized spacial score (nSPS) is 35.3. The van der Waals surface area contributed by atoms with E-state index >= 15 is 0 Å². The highest BCUT2D eigenvalue weighted by atomic mass is 35.5. The standard InChI is InChI=1S/C14H18ClNO.ClH/c1-13-6-8-14(16-13,9-7-13)12(17)10-4-2-3-5-11(10)15;/h2-5,12,16-17H,6-9H2,1H3;1H. The summed E-state index contributed by atoms with van der Waals surface area (Å²) >= 11 is 6.18. The fourth-order valence-corrected chi connectivity index (χ4v) is 3.67. The molecule has 4 heteroatoms. The lowest BCUT2D eigenvalue weighted by Gasteiger charge is -2.32. The van der Waals surface area contributed by atoms with Gasteiger partial charge in [0.25, 0.3) is 0 Å². The number of aliphatic hydroxyl groups is 1. The SMILES string of the molecule is CC12CCC(C(O)c3ccccc3Cl)(CC1)N2.Cl. The van der Waals surface area contributed by atoms with Crippen molar-refractivity contribution in [2.75, 3.05) is 0 Å². The van der Waals surface area contributed by atoms with Crippen LogP contribution < -0.4 is 5.32 Å². The molecule has 1 atom stereocenters. The van der Waals surface area contributed by atoms with E-state index < -0.39 is 6.10 Å². The second-order valence-electron chi connectivity index (χ2n) is 5.77. The summed E-state index contributed by atoms with van der Waals surface area (Å²) in [5.41, 5.74) is 0.926. The number of hydrogen-bond donors (Lipinski definition) is 2. The van der Waals surface area contributed by atoms with Gasteiger partial charge in [-0.2, -0.15) is 0 Å². The van der Waals surface area contributed by atoms with Gasteiger partial charge in [-0.25, -0.2) is 0 Å². The van der Waals surface area contributed by atoms with Crippen molar-refractivity contribution in [3.63, 3.8) is 0 Å². The molecule has 2 saturated heterocycles. The Hall–Kier alpha value is -0.280. The first-order valence-corrected chi connectivity index (χ1v) is 6.64. The van der Waals surface area contributed by atoms with Crippen molar-refractivity contribution in [1.29, 1.82) is 0 Å². The molecular weight excluding hydrogens is 269 g/mol. The van der Waals surface area contributed by atoms with Gasteiger partial charge in [0.1, 0.15) is 0 Å². The Morgan fingerprint density at radius 1 is 1.22 bits per heavy atom. The number of halogens is 2. The molecule has 18 heavy (non-hydrogen) atoms. The molecule has 2 heterocycles. The summed E-state index contributed by atoms with van der Waals surface area (Å²) in [5.74, 6) is 0. The summed E-state index contributed by atoms with van der Waals surface area (Å²) in [4.78, 5) is 0. The Bertz CT molecular complexity index is 441. The first-order chi connectivity index (χ1) is 8.05. The van der Waals surface area contributed by atoms with E-state index in [2.05, 4.69) is 12.2 Å². The minimum absolute atomic E-state index is 0. The Morgan fingerprint density at radius 2 is 1.83 bits per heavy atom. The molecule has 3 rings (SSSR count). The van der Waals surface area contributed by atoms with Gasteiger partial charge in [0.2, 0.25) is 0 Å². The van der Waals surface area contributed by atoms with E-state index in [-0.39, 0.29) is 23.5 Å². The molecule has 2 bridgehead atoms. The molecule has 1 unspecified atom stereocenters. The number of nitrogens with one attached hydrogen (secondary N) is 1. The lowest BCUT2D eigenvalue weighted by Crippen LogP contribution is -2.45. The second kappa shape index (κ2) is 4.68. The van der Waals surface area contributed by atoms with Crippen LogP contribution in [0.25, 0.3) is 0 Å². The van der Waals surface area contributed by atoms with E-state index in [4.69, 9.17) is 11.6 Å². The highest BCUT2D eigenvalue weighted by molar-refractivity contribution is 6.31. The zero-order chi connectivity index (χ0) is 12.1. The van der Waals surface area contributed by atoms with Crippen LogP contribution in [0.5, 0.6) is 0 Å². The molecule has 100 valence electrons. The Labute approximate surface area is 119 Å². The van der Waals surface area contributed by atoms with Gasteiger partial charge in [-0.15, -0.1) is 12.4 Å². The van der Waals surface area contributed by atoms with Gasteiger partial charge in [-0.1, -0.05) is 29.8 Å². The van der Waals surface area contributed by atoms with Gasteiger partial charge in [0.15, 0.2) is 0 Å². The third-order valence-corrected chi connectivity index (χ3v) is 4.86. The molecule has 2 aliphatic heterocycles. The first-order valence-electron chi connectivity index (χ1n) is 6.27. The van der Waals surface area contributed by atoms with Crippen molar-refractivity contribution in [3.05, 3.63) is 34.9 Å². The van der Waals surface area contributed by atoms with Crippen LogP contribution in [0.2, 0.25) is 5.02 Å². The summed E-state index contributed by atoms with van der Waals surface area (Å²) in [6, 6.07) is 7.61. The van der Waals surface area contributed by atoms with E-state index in [1.807, 2.05) is 24.3 Å². The van der Waals surface area contributed by atoms with E-state index in [0.29, 0.717) is 5.02 Å². The summed E-state index contributed by atoms with van der Waals surface area (Å²) in [6.45, 7) is 2.25. The Kier molecular flexibility index (Phi) is 3.67. The number of aliphatic hydroxyl groups excluding tert-OH is 1. The molecule has 1 aromatic rings. The zero-order valence-corrected chi connectivity index (χ0v) is 12.0. The molecule has 0 spiro atoms. The van der Waals surface area contributed by atoms with Crippen LogP contribution in [0.15, 0.2) is 24.3 Å². The largest absolute Gasteiger partial charge is 0.386 e.